The van der Waals surface area contributed by atoms with Gasteiger partial charge in [-0.2, -0.15) is 0 Å². The van der Waals surface area contributed by atoms with Crippen LogP contribution in [0.3, 0.4) is 0 Å². The molecule has 1 unspecified atom stereocenters. The Kier molecular flexibility index (Phi) is 5.56. The number of nitrogens with zero attached hydrogens (tertiary/aromatic N) is 2. The number of aromatic amines is 1. The Hall–Kier alpha value is -2.98. The van der Waals surface area contributed by atoms with Crippen molar-refractivity contribution in [2.45, 2.75) is 39.2 Å². The van der Waals surface area contributed by atoms with Gasteiger partial charge in [0, 0.05) is 23.5 Å². The molecule has 3 heterocycles. The van der Waals surface area contributed by atoms with Crippen LogP contribution in [0, 0.1) is 5.92 Å². The number of aryl methyl sites for hydroxylation is 1. The Morgan fingerprint density at radius 1 is 1.31 bits per heavy atom. The third-order valence-corrected chi connectivity index (χ3v) is 7.42. The largest absolute Gasteiger partial charge is 0.446 e. The molecule has 3 aromatic heterocycles. The number of alkyl carbamates (subject to hydrolysis) is 1. The lowest BCUT2D eigenvalue weighted by molar-refractivity contribution is 0.0895. The number of hydrogen-bond acceptors (Lipinski definition) is 8. The second-order valence-corrected chi connectivity index (χ2v) is 10.4. The fourth-order valence-corrected chi connectivity index (χ4v) is 5.94. The molecule has 32 heavy (non-hydrogen) atoms. The predicted octanol–water partition coefficient (Wildman–Crippen LogP) is 4.58. The molecule has 4 aromatic rings. The lowest BCUT2D eigenvalue weighted by Gasteiger charge is -2.23. The molecule has 166 valence electrons. The summed E-state index contributed by atoms with van der Waals surface area (Å²) in [5.74, 6) is 1.14. The number of thiophene rings is 1. The number of aromatic nitrogens is 3. The van der Waals surface area contributed by atoms with Gasteiger partial charge in [0.1, 0.15) is 23.1 Å². The summed E-state index contributed by atoms with van der Waals surface area (Å²) in [5, 5.41) is 7.25. The Balaban J connectivity index is 1.38. The van der Waals surface area contributed by atoms with Gasteiger partial charge in [0.15, 0.2) is 0 Å². The van der Waals surface area contributed by atoms with Crippen LogP contribution in [-0.2, 0) is 17.6 Å². The molecule has 0 spiro atoms. The van der Waals surface area contributed by atoms with E-state index in [0.717, 1.165) is 44.8 Å². The summed E-state index contributed by atoms with van der Waals surface area (Å²) in [6.45, 7) is 4.71. The van der Waals surface area contributed by atoms with E-state index in [0.29, 0.717) is 18.9 Å². The van der Waals surface area contributed by atoms with Gasteiger partial charge in [-0.25, -0.2) is 14.8 Å². The van der Waals surface area contributed by atoms with Gasteiger partial charge < -0.3 is 20.4 Å². The first-order valence-corrected chi connectivity index (χ1v) is 12.2. The highest BCUT2D eigenvalue weighted by Gasteiger charge is 2.27. The average molecular weight is 470 g/mol. The number of hydrogen-bond donors (Lipinski definition) is 3. The molecule has 1 aromatic carbocycles. The molecule has 10 heteroatoms. The summed E-state index contributed by atoms with van der Waals surface area (Å²) >= 11 is 2.82. The number of rotatable bonds is 5. The fraction of sp³-hybridized carbons (Fsp3) is 0.364. The zero-order valence-corrected chi connectivity index (χ0v) is 19.4. The number of carbonyl (C=O) groups excluding carboxylic acids is 1. The van der Waals surface area contributed by atoms with E-state index in [1.54, 1.807) is 17.7 Å². The van der Waals surface area contributed by atoms with Crippen LogP contribution in [0.4, 0.5) is 16.3 Å². The van der Waals surface area contributed by atoms with E-state index >= 15 is 0 Å². The molecule has 0 saturated carbocycles. The zero-order valence-electron chi connectivity index (χ0n) is 17.7. The SMILES string of the molecule is CC(C)CNC(=O)OC1CCc2c(sc3ncnc(Nc4ccc5[nH]c(=O)sc5c4)c23)C1. The lowest BCUT2D eigenvalue weighted by atomic mass is 9.94. The fourth-order valence-electron chi connectivity index (χ4n) is 3.92. The van der Waals surface area contributed by atoms with Gasteiger partial charge in [-0.05, 0) is 42.5 Å². The van der Waals surface area contributed by atoms with Crippen molar-refractivity contribution in [3.63, 3.8) is 0 Å². The van der Waals surface area contributed by atoms with Gasteiger partial charge in [0.2, 0.25) is 0 Å². The second kappa shape index (κ2) is 8.51. The molecular formula is C22H23N5O3S2. The van der Waals surface area contributed by atoms with E-state index in [1.807, 2.05) is 18.2 Å². The molecule has 1 amide bonds. The average Bonchev–Trinajstić information content (AvgIpc) is 3.31. The van der Waals surface area contributed by atoms with Crippen LogP contribution >= 0.6 is 22.7 Å². The number of fused-ring (bicyclic) bond motifs is 4. The van der Waals surface area contributed by atoms with Gasteiger partial charge in [0.25, 0.3) is 0 Å². The van der Waals surface area contributed by atoms with E-state index in [1.165, 1.54) is 21.8 Å². The summed E-state index contributed by atoms with van der Waals surface area (Å²) in [6, 6.07) is 5.77. The number of nitrogens with one attached hydrogen (secondary N) is 3. The molecule has 0 aliphatic heterocycles. The molecule has 3 N–H and O–H groups in total. The van der Waals surface area contributed by atoms with Crippen molar-refractivity contribution in [1.29, 1.82) is 0 Å². The van der Waals surface area contributed by atoms with Crippen molar-refractivity contribution in [1.82, 2.24) is 20.3 Å². The van der Waals surface area contributed by atoms with Crippen LogP contribution in [0.5, 0.6) is 0 Å². The summed E-state index contributed by atoms with van der Waals surface area (Å²) in [6.07, 6.45) is 3.34. The number of anilines is 2. The Morgan fingerprint density at radius 3 is 3.03 bits per heavy atom. The Bertz CT molecular complexity index is 1360. The first-order valence-electron chi connectivity index (χ1n) is 10.6. The van der Waals surface area contributed by atoms with E-state index in [4.69, 9.17) is 4.74 Å². The van der Waals surface area contributed by atoms with E-state index in [2.05, 4.69) is 39.4 Å². The molecule has 0 fully saturated rings. The number of H-pyrrole nitrogens is 1. The molecule has 0 radical (unpaired) electrons. The molecule has 8 nitrogen and oxygen atoms in total. The van der Waals surface area contributed by atoms with Gasteiger partial charge in [0.05, 0.1) is 15.6 Å². The first-order chi connectivity index (χ1) is 15.5. The summed E-state index contributed by atoms with van der Waals surface area (Å²) in [4.78, 5) is 37.5. The van der Waals surface area contributed by atoms with Crippen LogP contribution in [0.25, 0.3) is 20.4 Å². The molecule has 1 atom stereocenters. The van der Waals surface area contributed by atoms with Gasteiger partial charge in [-0.1, -0.05) is 25.2 Å². The van der Waals surface area contributed by atoms with Gasteiger partial charge in [-0.3, -0.25) is 4.79 Å². The standard InChI is InChI=1S/C22H23N5O3S2/c1-11(2)9-23-21(28)30-13-4-5-14-16(8-13)31-20-18(14)19(24-10-25-20)26-12-3-6-15-17(7-12)32-22(29)27-15/h3,6-7,10-11,13H,4-5,8-9H2,1-2H3,(H,23,28)(H,27,29)(H,24,25,26). The molecular weight excluding hydrogens is 446 g/mol. The van der Waals surface area contributed by atoms with Crippen molar-refractivity contribution in [2.75, 3.05) is 11.9 Å². The topological polar surface area (TPSA) is 109 Å². The van der Waals surface area contributed by atoms with Crippen molar-refractivity contribution >= 4 is 60.7 Å². The number of carbonyl (C=O) groups is 1. The lowest BCUT2D eigenvalue weighted by Crippen LogP contribution is -2.33. The highest BCUT2D eigenvalue weighted by molar-refractivity contribution is 7.19. The minimum Gasteiger partial charge on any atom is -0.446 e. The minimum atomic E-state index is -0.349. The number of thiazole rings is 1. The summed E-state index contributed by atoms with van der Waals surface area (Å²) in [7, 11) is 0. The zero-order chi connectivity index (χ0) is 22.2. The smallest absolute Gasteiger partial charge is 0.407 e. The van der Waals surface area contributed by atoms with Crippen molar-refractivity contribution in [3.8, 4) is 0 Å². The molecule has 1 aliphatic carbocycles. The van der Waals surface area contributed by atoms with Crippen LogP contribution in [0.2, 0.25) is 0 Å². The first kappa shape index (κ1) is 20.9. The van der Waals surface area contributed by atoms with E-state index in [9.17, 15) is 9.59 Å². The van der Waals surface area contributed by atoms with Crippen LogP contribution < -0.4 is 15.5 Å². The number of benzene rings is 1. The minimum absolute atomic E-state index is 0.0665. The summed E-state index contributed by atoms with van der Waals surface area (Å²) < 4.78 is 6.54. The number of ether oxygens (including phenoxy) is 1. The second-order valence-electron chi connectivity index (χ2n) is 8.30. The van der Waals surface area contributed by atoms with Gasteiger partial charge in [-0.15, -0.1) is 11.3 Å². The normalized spacial score (nSPS) is 15.8. The maximum absolute atomic E-state index is 12.1. The Labute approximate surface area is 192 Å². The monoisotopic (exact) mass is 469 g/mol. The maximum atomic E-state index is 12.1. The predicted molar refractivity (Wildman–Crippen MR) is 128 cm³/mol. The third kappa shape index (κ3) is 4.20. The van der Waals surface area contributed by atoms with Crippen molar-refractivity contribution < 1.29 is 9.53 Å². The van der Waals surface area contributed by atoms with Crippen LogP contribution in [-0.4, -0.2) is 33.7 Å². The third-order valence-electron chi connectivity index (χ3n) is 5.41. The molecule has 0 saturated heterocycles. The molecule has 0 bridgehead atoms. The van der Waals surface area contributed by atoms with Crippen molar-refractivity contribution in [2.24, 2.45) is 5.92 Å². The highest BCUT2D eigenvalue weighted by Crippen LogP contribution is 2.39. The quantitative estimate of drug-likeness (QED) is 0.395. The highest BCUT2D eigenvalue weighted by atomic mass is 32.1. The maximum Gasteiger partial charge on any atom is 0.407 e. The van der Waals surface area contributed by atoms with Crippen LogP contribution in [0.1, 0.15) is 30.7 Å². The van der Waals surface area contributed by atoms with Gasteiger partial charge >= 0.3 is 11.0 Å². The molecule has 1 aliphatic rings. The van der Waals surface area contributed by atoms with Crippen LogP contribution in [0.15, 0.2) is 29.3 Å². The summed E-state index contributed by atoms with van der Waals surface area (Å²) in [5.41, 5.74) is 2.92. The number of amides is 1. The molecule has 5 rings (SSSR count). The van der Waals surface area contributed by atoms with E-state index in [-0.39, 0.29) is 17.1 Å². The van der Waals surface area contributed by atoms with E-state index < -0.39 is 0 Å². The van der Waals surface area contributed by atoms with Crippen molar-refractivity contribution in [3.05, 3.63) is 44.6 Å². The Morgan fingerprint density at radius 2 is 2.19 bits per heavy atom.